The summed E-state index contributed by atoms with van der Waals surface area (Å²) in [6, 6.07) is 0.752. The summed E-state index contributed by atoms with van der Waals surface area (Å²) in [6.45, 7) is 5.89. The van der Waals surface area contributed by atoms with Gasteiger partial charge in [-0.2, -0.15) is 11.8 Å². The minimum absolute atomic E-state index is 0.752. The van der Waals surface area contributed by atoms with Gasteiger partial charge in [-0.3, -0.25) is 0 Å². The van der Waals surface area contributed by atoms with Crippen LogP contribution in [0.3, 0.4) is 0 Å². The van der Waals surface area contributed by atoms with Crippen molar-refractivity contribution in [2.45, 2.75) is 37.5 Å². The van der Waals surface area contributed by atoms with E-state index in [1.807, 2.05) is 11.8 Å². The SMILES string of the molecule is CCCCCN(C)C1CNCC1SC. The number of hydrogen-bond donors (Lipinski definition) is 1. The van der Waals surface area contributed by atoms with E-state index in [0.717, 1.165) is 11.3 Å². The Labute approximate surface area is 92.8 Å². The topological polar surface area (TPSA) is 15.3 Å². The Bertz CT molecular complexity index is 152. The number of rotatable bonds is 6. The van der Waals surface area contributed by atoms with Crippen LogP contribution >= 0.6 is 11.8 Å². The van der Waals surface area contributed by atoms with Crippen LogP contribution in [0.25, 0.3) is 0 Å². The summed E-state index contributed by atoms with van der Waals surface area (Å²) < 4.78 is 0. The van der Waals surface area contributed by atoms with E-state index in [9.17, 15) is 0 Å². The maximum atomic E-state index is 3.48. The van der Waals surface area contributed by atoms with E-state index < -0.39 is 0 Å². The molecule has 2 unspecified atom stereocenters. The van der Waals surface area contributed by atoms with Gasteiger partial charge in [-0.15, -0.1) is 0 Å². The van der Waals surface area contributed by atoms with Crippen molar-refractivity contribution in [1.29, 1.82) is 0 Å². The van der Waals surface area contributed by atoms with Crippen molar-refractivity contribution in [2.75, 3.05) is 32.9 Å². The zero-order valence-corrected chi connectivity index (χ0v) is 10.6. The molecule has 0 aromatic carbocycles. The van der Waals surface area contributed by atoms with Gasteiger partial charge in [-0.1, -0.05) is 19.8 Å². The normalized spacial score (nSPS) is 27.4. The first kappa shape index (κ1) is 12.3. The van der Waals surface area contributed by atoms with Gasteiger partial charge < -0.3 is 10.2 Å². The second-order valence-corrected chi connectivity index (χ2v) is 5.26. The first-order valence-corrected chi connectivity index (χ1v) is 7.02. The highest BCUT2D eigenvalue weighted by Gasteiger charge is 2.28. The van der Waals surface area contributed by atoms with E-state index in [1.54, 1.807) is 0 Å². The van der Waals surface area contributed by atoms with Crippen molar-refractivity contribution in [1.82, 2.24) is 10.2 Å². The van der Waals surface area contributed by atoms with Crippen molar-refractivity contribution in [3.8, 4) is 0 Å². The molecule has 1 heterocycles. The van der Waals surface area contributed by atoms with Crippen LogP contribution in [0.2, 0.25) is 0 Å². The predicted molar refractivity (Wildman–Crippen MR) is 66.1 cm³/mol. The van der Waals surface area contributed by atoms with Crippen molar-refractivity contribution in [2.24, 2.45) is 0 Å². The third kappa shape index (κ3) is 3.44. The van der Waals surface area contributed by atoms with E-state index in [1.165, 1.54) is 38.9 Å². The molecule has 1 rings (SSSR count). The molecule has 0 radical (unpaired) electrons. The quantitative estimate of drug-likeness (QED) is 0.682. The van der Waals surface area contributed by atoms with Crippen molar-refractivity contribution < 1.29 is 0 Å². The minimum atomic E-state index is 0.752. The highest BCUT2D eigenvalue weighted by molar-refractivity contribution is 7.99. The number of thioether (sulfide) groups is 1. The summed E-state index contributed by atoms with van der Waals surface area (Å²) in [5.41, 5.74) is 0. The lowest BCUT2D eigenvalue weighted by molar-refractivity contribution is 0.256. The Kier molecular flexibility index (Phi) is 5.90. The summed E-state index contributed by atoms with van der Waals surface area (Å²) in [4.78, 5) is 2.54. The van der Waals surface area contributed by atoms with Gasteiger partial charge in [0.2, 0.25) is 0 Å². The average molecular weight is 216 g/mol. The zero-order valence-electron chi connectivity index (χ0n) is 9.75. The number of likely N-dealkylation sites (N-methyl/N-ethyl adjacent to an activating group) is 1. The van der Waals surface area contributed by atoms with Crippen LogP contribution in [-0.4, -0.2) is 49.1 Å². The molecule has 1 aliphatic rings. The van der Waals surface area contributed by atoms with Gasteiger partial charge in [0, 0.05) is 24.4 Å². The summed E-state index contributed by atoms with van der Waals surface area (Å²) in [6.07, 6.45) is 6.27. The Balaban J connectivity index is 2.24. The summed E-state index contributed by atoms with van der Waals surface area (Å²) in [5, 5.41) is 4.28. The van der Waals surface area contributed by atoms with Gasteiger partial charge in [0.1, 0.15) is 0 Å². The van der Waals surface area contributed by atoms with Gasteiger partial charge in [0.05, 0.1) is 0 Å². The fourth-order valence-electron chi connectivity index (χ4n) is 2.10. The molecule has 3 heteroatoms. The molecule has 0 aromatic rings. The largest absolute Gasteiger partial charge is 0.314 e. The minimum Gasteiger partial charge on any atom is -0.314 e. The van der Waals surface area contributed by atoms with E-state index in [4.69, 9.17) is 0 Å². The first-order chi connectivity index (χ1) is 6.79. The molecule has 14 heavy (non-hydrogen) atoms. The van der Waals surface area contributed by atoms with Crippen LogP contribution < -0.4 is 5.32 Å². The summed E-state index contributed by atoms with van der Waals surface area (Å²) in [7, 11) is 2.27. The van der Waals surface area contributed by atoms with Crippen LogP contribution in [0.5, 0.6) is 0 Å². The fourth-order valence-corrected chi connectivity index (χ4v) is 3.00. The smallest absolute Gasteiger partial charge is 0.0348 e. The van der Waals surface area contributed by atoms with Crippen LogP contribution in [0, 0.1) is 0 Å². The number of nitrogens with one attached hydrogen (secondary N) is 1. The maximum Gasteiger partial charge on any atom is 0.0348 e. The molecule has 0 bridgehead atoms. The van der Waals surface area contributed by atoms with Crippen LogP contribution in [0.1, 0.15) is 26.2 Å². The lowest BCUT2D eigenvalue weighted by atomic mass is 10.2. The molecule has 1 aliphatic heterocycles. The molecular weight excluding hydrogens is 192 g/mol. The van der Waals surface area contributed by atoms with Crippen molar-refractivity contribution in [3.05, 3.63) is 0 Å². The lowest BCUT2D eigenvalue weighted by Crippen LogP contribution is -2.39. The van der Waals surface area contributed by atoms with Crippen LogP contribution in [0.4, 0.5) is 0 Å². The average Bonchev–Trinajstić information content (AvgIpc) is 2.65. The maximum absolute atomic E-state index is 3.48. The monoisotopic (exact) mass is 216 g/mol. The Hall–Kier alpha value is 0.270. The van der Waals surface area contributed by atoms with Crippen molar-refractivity contribution >= 4 is 11.8 Å². The third-order valence-electron chi connectivity index (χ3n) is 3.11. The number of nitrogens with zero attached hydrogens (tertiary/aromatic N) is 1. The van der Waals surface area contributed by atoms with Gasteiger partial charge in [0.15, 0.2) is 0 Å². The Morgan fingerprint density at radius 2 is 2.14 bits per heavy atom. The fraction of sp³-hybridized carbons (Fsp3) is 1.00. The van der Waals surface area contributed by atoms with Crippen LogP contribution in [-0.2, 0) is 0 Å². The molecule has 2 atom stereocenters. The molecule has 1 N–H and O–H groups in total. The standard InChI is InChI=1S/C11H24N2S/c1-4-5-6-7-13(2)10-8-12-9-11(10)14-3/h10-12H,4-9H2,1-3H3. The van der Waals surface area contributed by atoms with Gasteiger partial charge >= 0.3 is 0 Å². The van der Waals surface area contributed by atoms with E-state index in [2.05, 4.69) is 30.4 Å². The molecule has 2 nitrogen and oxygen atoms in total. The van der Waals surface area contributed by atoms with Gasteiger partial charge in [0.25, 0.3) is 0 Å². The molecule has 0 aliphatic carbocycles. The van der Waals surface area contributed by atoms with E-state index in [-0.39, 0.29) is 0 Å². The highest BCUT2D eigenvalue weighted by Crippen LogP contribution is 2.19. The molecule has 0 spiro atoms. The predicted octanol–water partition coefficient (Wildman–Crippen LogP) is 1.81. The number of unbranched alkanes of at least 4 members (excludes halogenated alkanes) is 2. The Morgan fingerprint density at radius 1 is 1.36 bits per heavy atom. The summed E-state index contributed by atoms with van der Waals surface area (Å²) >= 11 is 2.00. The third-order valence-corrected chi connectivity index (χ3v) is 4.20. The number of hydrogen-bond acceptors (Lipinski definition) is 3. The van der Waals surface area contributed by atoms with Crippen molar-refractivity contribution in [3.63, 3.8) is 0 Å². The molecular formula is C11H24N2S. The second-order valence-electron chi connectivity index (χ2n) is 4.19. The van der Waals surface area contributed by atoms with Gasteiger partial charge in [-0.05, 0) is 26.3 Å². The summed E-state index contributed by atoms with van der Waals surface area (Å²) in [5.74, 6) is 0. The molecule has 84 valence electrons. The van der Waals surface area contributed by atoms with Gasteiger partial charge in [-0.25, -0.2) is 0 Å². The Morgan fingerprint density at radius 3 is 2.79 bits per heavy atom. The molecule has 1 fully saturated rings. The lowest BCUT2D eigenvalue weighted by Gasteiger charge is -2.27. The molecule has 0 saturated carbocycles. The second kappa shape index (κ2) is 6.70. The van der Waals surface area contributed by atoms with E-state index in [0.29, 0.717) is 0 Å². The molecule has 0 aromatic heterocycles. The van der Waals surface area contributed by atoms with E-state index >= 15 is 0 Å². The zero-order chi connectivity index (χ0) is 10.4. The highest BCUT2D eigenvalue weighted by atomic mass is 32.2. The first-order valence-electron chi connectivity index (χ1n) is 5.73. The van der Waals surface area contributed by atoms with Crippen LogP contribution in [0.15, 0.2) is 0 Å². The molecule has 0 amide bonds. The molecule has 1 saturated heterocycles.